The van der Waals surface area contributed by atoms with E-state index < -0.39 is 11.5 Å². The molecular weight excluding hydrogens is 480 g/mol. The molecule has 0 heterocycles. The molecule has 38 heavy (non-hydrogen) atoms. The minimum atomic E-state index is -0.967. The van der Waals surface area contributed by atoms with E-state index in [-0.39, 0.29) is 47.0 Å². The van der Waals surface area contributed by atoms with Crippen LogP contribution in [0.2, 0.25) is 0 Å². The number of Topliss-reactive ketones (excluding diaryl/α,β-unsaturated/α-hetero) is 1. The van der Waals surface area contributed by atoms with E-state index in [4.69, 9.17) is 9.47 Å². The van der Waals surface area contributed by atoms with E-state index in [2.05, 4.69) is 20.8 Å². The number of benzene rings is 1. The summed E-state index contributed by atoms with van der Waals surface area (Å²) in [7, 11) is 1.42. The zero-order valence-electron chi connectivity index (χ0n) is 23.4. The fourth-order valence-corrected chi connectivity index (χ4v) is 9.52. The Morgan fingerprint density at radius 1 is 1.08 bits per heavy atom. The Bertz CT molecular complexity index is 1050. The van der Waals surface area contributed by atoms with Gasteiger partial charge in [0.15, 0.2) is 5.78 Å². The number of hydrogen-bond acceptors (Lipinski definition) is 6. The van der Waals surface area contributed by atoms with Gasteiger partial charge in [-0.2, -0.15) is 0 Å². The van der Waals surface area contributed by atoms with Crippen LogP contribution in [0.25, 0.3) is 0 Å². The van der Waals surface area contributed by atoms with E-state index in [0.29, 0.717) is 29.7 Å². The second kappa shape index (κ2) is 10.4. The van der Waals surface area contributed by atoms with Gasteiger partial charge in [0.2, 0.25) is 0 Å². The fraction of sp³-hybridized carbons (Fsp3) is 0.719. The van der Waals surface area contributed by atoms with Gasteiger partial charge in [0.1, 0.15) is 12.2 Å². The third-order valence-corrected chi connectivity index (χ3v) is 11.5. The lowest BCUT2D eigenvalue weighted by atomic mass is 9.43. The Kier molecular flexibility index (Phi) is 7.49. The molecule has 4 fully saturated rings. The molecule has 0 unspecified atom stereocenters. The Morgan fingerprint density at radius 3 is 2.53 bits per heavy atom. The van der Waals surface area contributed by atoms with Crippen molar-refractivity contribution in [3.63, 3.8) is 0 Å². The quantitative estimate of drug-likeness (QED) is 0.487. The largest absolute Gasteiger partial charge is 0.469 e. The SMILES string of the molecule is COC(=O)CC[C@@H](C)[C@H]1CC[C@H]2[C@@H]3CC[C@@H]4C[C@H](OC(=O)c5ccccc5)CC[C@]4(C)[C@H]3C(=O)[C@@H](O)[C@]12C. The number of aliphatic hydroxyl groups is 1. The summed E-state index contributed by atoms with van der Waals surface area (Å²) in [4.78, 5) is 38.5. The molecule has 4 saturated carbocycles. The summed E-state index contributed by atoms with van der Waals surface area (Å²) in [5, 5.41) is 11.7. The average molecular weight is 525 g/mol. The summed E-state index contributed by atoms with van der Waals surface area (Å²) < 4.78 is 10.8. The van der Waals surface area contributed by atoms with Gasteiger partial charge in [0.05, 0.1) is 12.7 Å². The van der Waals surface area contributed by atoms with Crippen LogP contribution in [-0.4, -0.2) is 42.1 Å². The molecule has 1 N–H and O–H groups in total. The van der Waals surface area contributed by atoms with Crippen molar-refractivity contribution >= 4 is 17.7 Å². The van der Waals surface area contributed by atoms with Crippen molar-refractivity contribution in [2.24, 2.45) is 46.3 Å². The number of ether oxygens (including phenoxy) is 2. The van der Waals surface area contributed by atoms with Gasteiger partial charge in [-0.25, -0.2) is 4.79 Å². The highest BCUT2D eigenvalue weighted by molar-refractivity contribution is 5.89. The summed E-state index contributed by atoms with van der Waals surface area (Å²) in [5.41, 5.74) is -0.0441. The number of esters is 2. The van der Waals surface area contributed by atoms with Gasteiger partial charge < -0.3 is 14.6 Å². The number of rotatable bonds is 6. The average Bonchev–Trinajstić information content (AvgIpc) is 3.28. The molecule has 0 spiro atoms. The first-order valence-corrected chi connectivity index (χ1v) is 14.7. The maximum absolute atomic E-state index is 14.1. The smallest absolute Gasteiger partial charge is 0.338 e. The van der Waals surface area contributed by atoms with Crippen molar-refractivity contribution in [2.45, 2.75) is 90.8 Å². The Morgan fingerprint density at radius 2 is 1.82 bits per heavy atom. The molecule has 0 aromatic heterocycles. The standard InChI is InChI=1S/C32H44O6/c1-19(10-15-26(33)37-4)24-13-14-25-23-12-11-21-18-22(38-30(36)20-8-6-5-7-9-20)16-17-31(21,2)27(23)28(34)29(35)32(24,25)3/h5-9,19,21-25,27,29,35H,10-18H2,1-4H3/t19-,21-,22-,23+,24-,25+,27-,29-,31+,32-/m1/s1. The number of ketones is 1. The summed E-state index contributed by atoms with van der Waals surface area (Å²) in [6.07, 6.45) is 6.45. The van der Waals surface area contributed by atoms with Crippen LogP contribution in [0.3, 0.4) is 0 Å². The van der Waals surface area contributed by atoms with Crippen LogP contribution in [0.4, 0.5) is 0 Å². The lowest BCUT2D eigenvalue weighted by molar-refractivity contribution is -0.186. The van der Waals surface area contributed by atoms with Crippen LogP contribution < -0.4 is 0 Å². The van der Waals surface area contributed by atoms with Crippen LogP contribution in [0.1, 0.15) is 88.9 Å². The Hall–Kier alpha value is -2.21. The predicted molar refractivity (Wildman–Crippen MR) is 143 cm³/mol. The molecule has 0 aliphatic heterocycles. The zero-order chi connectivity index (χ0) is 27.2. The molecule has 4 aliphatic carbocycles. The summed E-state index contributed by atoms with van der Waals surface area (Å²) in [5.74, 6) is 0.801. The summed E-state index contributed by atoms with van der Waals surface area (Å²) >= 11 is 0. The van der Waals surface area contributed by atoms with E-state index in [9.17, 15) is 19.5 Å². The number of methoxy groups -OCH3 is 1. The van der Waals surface area contributed by atoms with E-state index in [1.54, 1.807) is 12.1 Å². The molecule has 0 amide bonds. The van der Waals surface area contributed by atoms with Crippen molar-refractivity contribution in [1.29, 1.82) is 0 Å². The molecule has 0 saturated heterocycles. The van der Waals surface area contributed by atoms with Gasteiger partial charge in [-0.05, 0) is 98.5 Å². The number of fused-ring (bicyclic) bond motifs is 5. The monoisotopic (exact) mass is 524 g/mol. The number of carbonyl (C=O) groups is 3. The van der Waals surface area contributed by atoms with Crippen LogP contribution in [0.5, 0.6) is 0 Å². The molecule has 6 heteroatoms. The van der Waals surface area contributed by atoms with Gasteiger partial charge >= 0.3 is 11.9 Å². The van der Waals surface area contributed by atoms with Gasteiger partial charge in [0, 0.05) is 17.8 Å². The highest BCUT2D eigenvalue weighted by atomic mass is 16.5. The highest BCUT2D eigenvalue weighted by Crippen LogP contribution is 2.67. The molecule has 0 bridgehead atoms. The lowest BCUT2D eigenvalue weighted by Gasteiger charge is -2.61. The van der Waals surface area contributed by atoms with Gasteiger partial charge in [-0.3, -0.25) is 9.59 Å². The minimum absolute atomic E-state index is 0.0350. The second-order valence-corrected chi connectivity index (χ2v) is 13.1. The van der Waals surface area contributed by atoms with Crippen LogP contribution >= 0.6 is 0 Å². The highest BCUT2D eigenvalue weighted by Gasteiger charge is 2.67. The maximum atomic E-state index is 14.1. The van der Waals surface area contributed by atoms with Crippen molar-refractivity contribution < 1.29 is 29.0 Å². The second-order valence-electron chi connectivity index (χ2n) is 13.1. The van der Waals surface area contributed by atoms with E-state index >= 15 is 0 Å². The van der Waals surface area contributed by atoms with Crippen molar-refractivity contribution in [2.75, 3.05) is 7.11 Å². The van der Waals surface area contributed by atoms with E-state index in [1.165, 1.54) is 7.11 Å². The van der Waals surface area contributed by atoms with Crippen LogP contribution in [0, 0.1) is 46.3 Å². The third kappa shape index (κ3) is 4.41. The topological polar surface area (TPSA) is 89.9 Å². The first-order valence-electron chi connectivity index (χ1n) is 14.7. The van der Waals surface area contributed by atoms with Crippen molar-refractivity contribution in [3.8, 4) is 0 Å². The fourth-order valence-electron chi connectivity index (χ4n) is 9.52. The molecule has 10 atom stereocenters. The third-order valence-electron chi connectivity index (χ3n) is 11.5. The van der Waals surface area contributed by atoms with Crippen LogP contribution in [0.15, 0.2) is 30.3 Å². The lowest BCUT2D eigenvalue weighted by Crippen LogP contribution is -2.63. The predicted octanol–water partition coefficient (Wildman–Crippen LogP) is 5.61. The first kappa shape index (κ1) is 27.4. The Labute approximate surface area is 226 Å². The molecule has 0 radical (unpaired) electrons. The van der Waals surface area contributed by atoms with Crippen LogP contribution in [-0.2, 0) is 19.1 Å². The van der Waals surface area contributed by atoms with Crippen molar-refractivity contribution in [1.82, 2.24) is 0 Å². The molecule has 1 aromatic rings. The molecular formula is C32H44O6. The molecule has 4 aliphatic rings. The Balaban J connectivity index is 1.31. The molecule has 5 rings (SSSR count). The van der Waals surface area contributed by atoms with Crippen molar-refractivity contribution in [3.05, 3.63) is 35.9 Å². The number of aliphatic hydroxyl groups excluding tert-OH is 1. The minimum Gasteiger partial charge on any atom is -0.469 e. The number of hydrogen-bond donors (Lipinski definition) is 1. The van der Waals surface area contributed by atoms with Gasteiger partial charge in [0.25, 0.3) is 0 Å². The zero-order valence-corrected chi connectivity index (χ0v) is 23.4. The molecule has 1 aromatic carbocycles. The summed E-state index contributed by atoms with van der Waals surface area (Å²) in [6.45, 7) is 6.58. The first-order chi connectivity index (χ1) is 18.1. The van der Waals surface area contributed by atoms with E-state index in [1.807, 2.05) is 18.2 Å². The van der Waals surface area contributed by atoms with E-state index in [0.717, 1.165) is 51.4 Å². The van der Waals surface area contributed by atoms with Gasteiger partial charge in [-0.15, -0.1) is 0 Å². The maximum Gasteiger partial charge on any atom is 0.338 e. The van der Waals surface area contributed by atoms with Gasteiger partial charge in [-0.1, -0.05) is 39.0 Å². The molecule has 6 nitrogen and oxygen atoms in total. The molecule has 208 valence electrons. The summed E-state index contributed by atoms with van der Waals surface area (Å²) in [6, 6.07) is 9.14. The number of carbonyl (C=O) groups excluding carboxylic acids is 3. The normalized spacial score (nSPS) is 40.9.